The van der Waals surface area contributed by atoms with Gasteiger partial charge in [-0.3, -0.25) is 9.59 Å². The molecule has 1 aromatic carbocycles. The second-order valence-corrected chi connectivity index (χ2v) is 6.34. The van der Waals surface area contributed by atoms with Crippen LogP contribution in [0.3, 0.4) is 0 Å². The number of rotatable bonds is 6. The highest BCUT2D eigenvalue weighted by molar-refractivity contribution is 5.94. The molecule has 128 valence electrons. The van der Waals surface area contributed by atoms with Crippen molar-refractivity contribution >= 4 is 17.9 Å². The maximum absolute atomic E-state index is 12.0. The quantitative estimate of drug-likeness (QED) is 0.809. The van der Waals surface area contributed by atoms with Crippen molar-refractivity contribution in [1.82, 2.24) is 10.2 Å². The molecule has 24 heavy (non-hydrogen) atoms. The van der Waals surface area contributed by atoms with E-state index in [9.17, 15) is 9.59 Å². The summed E-state index contributed by atoms with van der Waals surface area (Å²) in [6, 6.07) is 8.90. The van der Waals surface area contributed by atoms with Gasteiger partial charge in [-0.05, 0) is 44.5 Å². The molecule has 0 aliphatic heterocycles. The second kappa shape index (κ2) is 8.73. The van der Waals surface area contributed by atoms with Crippen molar-refractivity contribution in [2.45, 2.75) is 26.3 Å². The van der Waals surface area contributed by atoms with E-state index in [4.69, 9.17) is 10.00 Å². The lowest BCUT2D eigenvalue weighted by Crippen LogP contribution is -2.46. The SMILES string of the molecule is CN(CC(=O)NC(C)(C)C)C(=O)/C=C/c1ccc(OCC#N)cc1. The molecule has 0 aromatic heterocycles. The molecule has 0 spiro atoms. The van der Waals surface area contributed by atoms with Crippen LogP contribution in [-0.2, 0) is 9.59 Å². The Bertz CT molecular complexity index is 637. The van der Waals surface area contributed by atoms with Crippen LogP contribution in [0.5, 0.6) is 5.75 Å². The number of nitrogens with one attached hydrogen (secondary N) is 1. The van der Waals surface area contributed by atoms with Gasteiger partial charge in [0.25, 0.3) is 0 Å². The number of amides is 2. The van der Waals surface area contributed by atoms with Gasteiger partial charge in [-0.1, -0.05) is 12.1 Å². The van der Waals surface area contributed by atoms with Crippen LogP contribution in [0.15, 0.2) is 30.3 Å². The number of benzene rings is 1. The Balaban J connectivity index is 2.55. The third kappa shape index (κ3) is 7.45. The maximum atomic E-state index is 12.0. The Morgan fingerprint density at radius 1 is 1.29 bits per heavy atom. The van der Waals surface area contributed by atoms with Crippen LogP contribution in [-0.4, -0.2) is 42.5 Å². The van der Waals surface area contributed by atoms with Gasteiger partial charge in [0.05, 0.1) is 6.54 Å². The van der Waals surface area contributed by atoms with Crippen molar-refractivity contribution in [3.63, 3.8) is 0 Å². The largest absolute Gasteiger partial charge is 0.479 e. The van der Waals surface area contributed by atoms with Gasteiger partial charge in [0.2, 0.25) is 11.8 Å². The summed E-state index contributed by atoms with van der Waals surface area (Å²) >= 11 is 0. The van der Waals surface area contributed by atoms with E-state index < -0.39 is 0 Å². The lowest BCUT2D eigenvalue weighted by atomic mass is 10.1. The highest BCUT2D eigenvalue weighted by Crippen LogP contribution is 2.13. The molecule has 0 saturated carbocycles. The van der Waals surface area contributed by atoms with E-state index in [1.165, 1.54) is 11.0 Å². The molecule has 0 unspecified atom stereocenters. The van der Waals surface area contributed by atoms with E-state index in [1.54, 1.807) is 37.4 Å². The Morgan fingerprint density at radius 2 is 1.92 bits per heavy atom. The van der Waals surface area contributed by atoms with Gasteiger partial charge in [-0.2, -0.15) is 5.26 Å². The molecule has 6 nitrogen and oxygen atoms in total. The predicted molar refractivity (Wildman–Crippen MR) is 92.1 cm³/mol. The molecule has 1 aromatic rings. The number of ether oxygens (including phenoxy) is 1. The van der Waals surface area contributed by atoms with E-state index in [0.29, 0.717) is 5.75 Å². The van der Waals surface area contributed by atoms with Gasteiger partial charge in [0, 0.05) is 18.7 Å². The summed E-state index contributed by atoms with van der Waals surface area (Å²) in [5, 5.41) is 11.3. The molecular formula is C18H23N3O3. The van der Waals surface area contributed by atoms with Crippen LogP contribution in [0.1, 0.15) is 26.3 Å². The lowest BCUT2D eigenvalue weighted by molar-refractivity contribution is -0.131. The number of likely N-dealkylation sites (N-methyl/N-ethyl adjacent to an activating group) is 1. The first kappa shape index (κ1) is 19.2. The zero-order valence-electron chi connectivity index (χ0n) is 14.5. The van der Waals surface area contributed by atoms with Gasteiger partial charge < -0.3 is 15.0 Å². The lowest BCUT2D eigenvalue weighted by Gasteiger charge is -2.22. The zero-order chi connectivity index (χ0) is 18.2. The van der Waals surface area contributed by atoms with Crippen LogP contribution in [0, 0.1) is 11.3 Å². The molecule has 0 saturated heterocycles. The molecule has 0 bridgehead atoms. The molecule has 0 radical (unpaired) electrons. The number of carbonyl (C=O) groups is 2. The molecule has 1 rings (SSSR count). The third-order valence-electron chi connectivity index (χ3n) is 2.87. The van der Waals surface area contributed by atoms with Crippen LogP contribution in [0.4, 0.5) is 0 Å². The van der Waals surface area contributed by atoms with Gasteiger partial charge in [-0.25, -0.2) is 0 Å². The second-order valence-electron chi connectivity index (χ2n) is 6.34. The van der Waals surface area contributed by atoms with Crippen molar-refractivity contribution in [2.75, 3.05) is 20.2 Å². The average Bonchev–Trinajstić information content (AvgIpc) is 2.49. The number of hydrogen-bond donors (Lipinski definition) is 1. The number of nitrogens with zero attached hydrogens (tertiary/aromatic N) is 2. The molecular weight excluding hydrogens is 306 g/mol. The Labute approximate surface area is 142 Å². The number of hydrogen-bond acceptors (Lipinski definition) is 4. The number of nitriles is 1. The molecule has 2 amide bonds. The first-order valence-electron chi connectivity index (χ1n) is 7.55. The summed E-state index contributed by atoms with van der Waals surface area (Å²) < 4.78 is 5.15. The first-order chi connectivity index (χ1) is 11.2. The Kier molecular flexibility index (Phi) is 6.99. The standard InChI is InChI=1S/C18H23N3O3/c1-18(2,3)20-16(22)13-21(4)17(23)10-7-14-5-8-15(9-6-14)24-12-11-19/h5-10H,12-13H2,1-4H3,(H,20,22)/b10-7+. The van der Waals surface area contributed by atoms with E-state index in [-0.39, 0.29) is 30.5 Å². The highest BCUT2D eigenvalue weighted by atomic mass is 16.5. The van der Waals surface area contributed by atoms with Crippen molar-refractivity contribution in [2.24, 2.45) is 0 Å². The zero-order valence-corrected chi connectivity index (χ0v) is 14.5. The summed E-state index contributed by atoms with van der Waals surface area (Å²) in [5.41, 5.74) is 0.492. The van der Waals surface area contributed by atoms with Gasteiger partial charge in [-0.15, -0.1) is 0 Å². The third-order valence-corrected chi connectivity index (χ3v) is 2.87. The fourth-order valence-corrected chi connectivity index (χ4v) is 1.84. The minimum Gasteiger partial charge on any atom is -0.479 e. The van der Waals surface area contributed by atoms with Crippen LogP contribution >= 0.6 is 0 Å². The fourth-order valence-electron chi connectivity index (χ4n) is 1.84. The van der Waals surface area contributed by atoms with Gasteiger partial charge in [0.15, 0.2) is 6.61 Å². The normalized spacial score (nSPS) is 11.0. The van der Waals surface area contributed by atoms with Crippen LogP contribution in [0.2, 0.25) is 0 Å². The Hall–Kier alpha value is -2.81. The Morgan fingerprint density at radius 3 is 2.46 bits per heavy atom. The van der Waals surface area contributed by atoms with Gasteiger partial charge in [0.1, 0.15) is 11.8 Å². The van der Waals surface area contributed by atoms with E-state index in [1.807, 2.05) is 26.8 Å². The topological polar surface area (TPSA) is 82.4 Å². The predicted octanol–water partition coefficient (Wildman–Crippen LogP) is 1.98. The van der Waals surface area contributed by atoms with Crippen molar-refractivity contribution in [3.8, 4) is 11.8 Å². The first-order valence-corrected chi connectivity index (χ1v) is 7.55. The fraction of sp³-hybridized carbons (Fsp3) is 0.389. The molecule has 0 atom stereocenters. The van der Waals surface area contributed by atoms with Crippen LogP contribution < -0.4 is 10.1 Å². The summed E-state index contributed by atoms with van der Waals surface area (Å²) in [6.07, 6.45) is 3.07. The molecule has 0 aliphatic rings. The monoisotopic (exact) mass is 329 g/mol. The summed E-state index contributed by atoms with van der Waals surface area (Å²) in [7, 11) is 1.58. The van der Waals surface area contributed by atoms with Crippen molar-refractivity contribution in [1.29, 1.82) is 5.26 Å². The van der Waals surface area contributed by atoms with E-state index in [2.05, 4.69) is 5.32 Å². The molecule has 0 fully saturated rings. The summed E-state index contributed by atoms with van der Waals surface area (Å²) in [4.78, 5) is 25.2. The maximum Gasteiger partial charge on any atom is 0.246 e. The van der Waals surface area contributed by atoms with Gasteiger partial charge >= 0.3 is 0 Å². The molecule has 0 aliphatic carbocycles. The molecule has 0 heterocycles. The molecule has 1 N–H and O–H groups in total. The van der Waals surface area contributed by atoms with E-state index in [0.717, 1.165) is 5.56 Å². The van der Waals surface area contributed by atoms with Crippen molar-refractivity contribution < 1.29 is 14.3 Å². The number of carbonyl (C=O) groups excluding carboxylic acids is 2. The minimum atomic E-state index is -0.327. The molecule has 6 heteroatoms. The van der Waals surface area contributed by atoms with Crippen LogP contribution in [0.25, 0.3) is 6.08 Å². The smallest absolute Gasteiger partial charge is 0.246 e. The van der Waals surface area contributed by atoms with Crippen molar-refractivity contribution in [3.05, 3.63) is 35.9 Å². The highest BCUT2D eigenvalue weighted by Gasteiger charge is 2.16. The summed E-state index contributed by atoms with van der Waals surface area (Å²) in [5.74, 6) is 0.130. The average molecular weight is 329 g/mol. The van der Waals surface area contributed by atoms with E-state index >= 15 is 0 Å². The summed E-state index contributed by atoms with van der Waals surface area (Å²) in [6.45, 7) is 5.65. The minimum absolute atomic E-state index is 0.00137.